The van der Waals surface area contributed by atoms with Gasteiger partial charge >= 0.3 is 6.09 Å². The summed E-state index contributed by atoms with van der Waals surface area (Å²) in [5.74, 6) is 0.874. The molecule has 6 nitrogen and oxygen atoms in total. The van der Waals surface area contributed by atoms with Crippen molar-refractivity contribution < 1.29 is 9.53 Å². The molecule has 24 heavy (non-hydrogen) atoms. The SMILES string of the molecule is Cc1nc2c(Cl)nc(-c3ccccc3)nc2n1C(=O)OC(C)(C)C. The average molecular weight is 345 g/mol. The molecule has 0 amide bonds. The molecule has 3 rings (SSSR count). The average Bonchev–Trinajstić information content (AvgIpc) is 2.83. The van der Waals surface area contributed by atoms with Crippen molar-refractivity contribution in [2.24, 2.45) is 0 Å². The second-order valence-electron chi connectivity index (χ2n) is 6.35. The Labute approximate surface area is 144 Å². The van der Waals surface area contributed by atoms with E-state index in [0.29, 0.717) is 22.8 Å². The van der Waals surface area contributed by atoms with Gasteiger partial charge in [-0.1, -0.05) is 41.9 Å². The van der Waals surface area contributed by atoms with Crippen LogP contribution in [0.1, 0.15) is 26.6 Å². The maximum Gasteiger partial charge on any atom is 0.421 e. The predicted octanol–water partition coefficient (Wildman–Crippen LogP) is 4.24. The molecule has 0 aliphatic heterocycles. The molecule has 2 aromatic heterocycles. The third kappa shape index (κ3) is 3.10. The fraction of sp³-hybridized carbons (Fsp3) is 0.294. The molecule has 2 heterocycles. The van der Waals surface area contributed by atoms with Gasteiger partial charge in [0.15, 0.2) is 16.6 Å². The number of rotatable bonds is 1. The van der Waals surface area contributed by atoms with Gasteiger partial charge in [0.25, 0.3) is 0 Å². The van der Waals surface area contributed by atoms with Crippen LogP contribution in [0.25, 0.3) is 22.6 Å². The first-order valence-corrected chi connectivity index (χ1v) is 7.85. The van der Waals surface area contributed by atoms with Crippen LogP contribution in [0.2, 0.25) is 5.15 Å². The molecule has 0 aliphatic carbocycles. The van der Waals surface area contributed by atoms with Crippen LogP contribution in [-0.2, 0) is 4.74 Å². The highest BCUT2D eigenvalue weighted by atomic mass is 35.5. The second-order valence-corrected chi connectivity index (χ2v) is 6.71. The van der Waals surface area contributed by atoms with Gasteiger partial charge < -0.3 is 4.74 Å². The lowest BCUT2D eigenvalue weighted by atomic mass is 10.2. The normalized spacial score (nSPS) is 11.7. The maximum atomic E-state index is 12.5. The number of benzene rings is 1. The predicted molar refractivity (Wildman–Crippen MR) is 92.1 cm³/mol. The Morgan fingerprint density at radius 2 is 1.79 bits per heavy atom. The van der Waals surface area contributed by atoms with E-state index in [2.05, 4.69) is 15.0 Å². The van der Waals surface area contributed by atoms with Crippen molar-refractivity contribution in [3.8, 4) is 11.4 Å². The zero-order valence-electron chi connectivity index (χ0n) is 13.9. The molecule has 0 aliphatic rings. The lowest BCUT2D eigenvalue weighted by Gasteiger charge is -2.19. The van der Waals surface area contributed by atoms with Crippen LogP contribution < -0.4 is 0 Å². The number of halogens is 1. The standard InChI is InChI=1S/C17H17ClN4O2/c1-10-19-12-13(18)20-14(11-8-6-5-7-9-11)21-15(12)22(10)16(23)24-17(2,3)4/h5-9H,1-4H3. The van der Waals surface area contributed by atoms with E-state index in [-0.39, 0.29) is 5.15 Å². The molecule has 0 saturated heterocycles. The van der Waals surface area contributed by atoms with Gasteiger partial charge in [0.1, 0.15) is 16.9 Å². The van der Waals surface area contributed by atoms with Crippen molar-refractivity contribution >= 4 is 28.9 Å². The van der Waals surface area contributed by atoms with Crippen molar-refractivity contribution in [3.05, 3.63) is 41.3 Å². The number of carbonyl (C=O) groups excluding carboxylic acids is 1. The molecule has 0 bridgehead atoms. The summed E-state index contributed by atoms with van der Waals surface area (Å²) in [5, 5.41) is 0.198. The van der Waals surface area contributed by atoms with Crippen LogP contribution in [-0.4, -0.2) is 31.2 Å². The lowest BCUT2D eigenvalue weighted by molar-refractivity contribution is 0.0540. The number of aryl methyl sites for hydroxylation is 1. The summed E-state index contributed by atoms with van der Waals surface area (Å²) in [7, 11) is 0. The molecule has 0 spiro atoms. The van der Waals surface area contributed by atoms with Gasteiger partial charge in [0.2, 0.25) is 0 Å². The summed E-state index contributed by atoms with van der Waals surface area (Å²) < 4.78 is 6.76. The highest BCUT2D eigenvalue weighted by Crippen LogP contribution is 2.26. The molecular formula is C17H17ClN4O2. The minimum atomic E-state index is -0.626. The number of hydrogen-bond acceptors (Lipinski definition) is 5. The van der Waals surface area contributed by atoms with Crippen molar-refractivity contribution in [2.75, 3.05) is 0 Å². The van der Waals surface area contributed by atoms with E-state index < -0.39 is 11.7 Å². The van der Waals surface area contributed by atoms with Crippen LogP contribution in [0.3, 0.4) is 0 Å². The lowest BCUT2D eigenvalue weighted by Crippen LogP contribution is -2.27. The Morgan fingerprint density at radius 1 is 1.12 bits per heavy atom. The van der Waals surface area contributed by atoms with Gasteiger partial charge in [-0.25, -0.2) is 24.3 Å². The van der Waals surface area contributed by atoms with E-state index in [4.69, 9.17) is 16.3 Å². The van der Waals surface area contributed by atoms with Gasteiger partial charge in [-0.2, -0.15) is 0 Å². The van der Waals surface area contributed by atoms with Crippen LogP contribution in [0.5, 0.6) is 0 Å². The quantitative estimate of drug-likeness (QED) is 0.617. The molecule has 7 heteroatoms. The molecule has 124 valence electrons. The minimum Gasteiger partial charge on any atom is -0.443 e. The monoisotopic (exact) mass is 344 g/mol. The van der Waals surface area contributed by atoms with Crippen LogP contribution in [0.4, 0.5) is 4.79 Å². The van der Waals surface area contributed by atoms with E-state index in [1.54, 1.807) is 27.7 Å². The number of fused-ring (bicyclic) bond motifs is 1. The summed E-state index contributed by atoms with van der Waals surface area (Å²) >= 11 is 6.26. The van der Waals surface area contributed by atoms with E-state index >= 15 is 0 Å². The van der Waals surface area contributed by atoms with Gasteiger partial charge in [-0.3, -0.25) is 0 Å². The van der Waals surface area contributed by atoms with E-state index in [0.717, 1.165) is 5.56 Å². The zero-order valence-corrected chi connectivity index (χ0v) is 14.6. The first kappa shape index (κ1) is 16.4. The number of hydrogen-bond donors (Lipinski definition) is 0. The van der Waals surface area contributed by atoms with Crippen molar-refractivity contribution in [3.63, 3.8) is 0 Å². The number of carbonyl (C=O) groups is 1. The summed E-state index contributed by atoms with van der Waals surface area (Å²) in [6.07, 6.45) is -0.545. The van der Waals surface area contributed by atoms with Crippen LogP contribution >= 0.6 is 11.6 Å². The Morgan fingerprint density at radius 3 is 2.42 bits per heavy atom. The third-order valence-corrected chi connectivity index (χ3v) is 3.50. The smallest absolute Gasteiger partial charge is 0.421 e. The number of nitrogens with zero attached hydrogens (tertiary/aromatic N) is 4. The Kier molecular flexibility index (Phi) is 4.01. The Balaban J connectivity index is 2.18. The summed E-state index contributed by atoms with van der Waals surface area (Å²) in [6, 6.07) is 9.41. The van der Waals surface area contributed by atoms with Gasteiger partial charge in [0.05, 0.1) is 0 Å². The van der Waals surface area contributed by atoms with E-state index in [1.807, 2.05) is 30.3 Å². The van der Waals surface area contributed by atoms with E-state index in [1.165, 1.54) is 4.57 Å². The first-order valence-electron chi connectivity index (χ1n) is 7.47. The number of aromatic nitrogens is 4. The number of imidazole rings is 1. The number of ether oxygens (including phenoxy) is 1. The summed E-state index contributed by atoms with van der Waals surface area (Å²) in [6.45, 7) is 7.11. The largest absolute Gasteiger partial charge is 0.443 e. The highest BCUT2D eigenvalue weighted by molar-refractivity contribution is 6.33. The highest BCUT2D eigenvalue weighted by Gasteiger charge is 2.24. The van der Waals surface area contributed by atoms with Gasteiger partial charge in [-0.15, -0.1) is 0 Å². The Hall–Kier alpha value is -2.47. The minimum absolute atomic E-state index is 0.198. The molecule has 0 radical (unpaired) electrons. The second kappa shape index (κ2) is 5.87. The van der Waals surface area contributed by atoms with Crippen molar-refractivity contribution in [1.29, 1.82) is 0 Å². The molecular weight excluding hydrogens is 328 g/mol. The first-order chi connectivity index (χ1) is 11.3. The topological polar surface area (TPSA) is 69.9 Å². The van der Waals surface area contributed by atoms with Crippen molar-refractivity contribution in [1.82, 2.24) is 19.5 Å². The zero-order chi connectivity index (χ0) is 17.5. The molecule has 1 aromatic carbocycles. The molecule has 0 atom stereocenters. The maximum absolute atomic E-state index is 12.5. The fourth-order valence-corrected chi connectivity index (χ4v) is 2.48. The molecule has 3 aromatic rings. The van der Waals surface area contributed by atoms with Gasteiger partial charge in [-0.05, 0) is 27.7 Å². The molecule has 0 unspecified atom stereocenters. The molecule has 0 fully saturated rings. The van der Waals surface area contributed by atoms with Gasteiger partial charge in [0, 0.05) is 5.56 Å². The van der Waals surface area contributed by atoms with Crippen LogP contribution in [0.15, 0.2) is 30.3 Å². The van der Waals surface area contributed by atoms with Crippen LogP contribution in [0, 0.1) is 6.92 Å². The molecule has 0 saturated carbocycles. The fourth-order valence-electron chi connectivity index (χ4n) is 2.28. The molecule has 0 N–H and O–H groups in total. The van der Waals surface area contributed by atoms with Crippen molar-refractivity contribution in [2.45, 2.75) is 33.3 Å². The van der Waals surface area contributed by atoms with E-state index in [9.17, 15) is 4.79 Å². The third-order valence-electron chi connectivity index (χ3n) is 3.24. The summed E-state index contributed by atoms with van der Waals surface area (Å²) in [4.78, 5) is 25.6. The summed E-state index contributed by atoms with van der Waals surface area (Å²) in [5.41, 5.74) is 0.885. The Bertz CT molecular complexity index is 914.